The standard InChI is InChI=1S/C47H48ClN5O9S/c48-36-9-7-34(8-10-36)40-15-12-38(61-26-23-54)27-35(40)31-51-19-21-52(22-20-51)37-11-14-42(46(28-37)62-45-6-2-4-33-3-1-5-41(33)45)47(55)50-63(58,59)39-13-16-43(44(29-39)53(56)57)49-30-32-17-24-60-25-18-32/h1-2,4-16,27-29,32,49,54H,3,17-26,30-31H2,(H,50,55). The van der Waals surface area contributed by atoms with Gasteiger partial charge in [-0.2, -0.15) is 0 Å². The summed E-state index contributed by atoms with van der Waals surface area (Å²) in [6, 6.07) is 27.9. The van der Waals surface area contributed by atoms with Gasteiger partial charge in [-0.15, -0.1) is 0 Å². The maximum absolute atomic E-state index is 14.0. The number of aliphatic hydroxyl groups is 1. The van der Waals surface area contributed by atoms with Crippen LogP contribution in [0, 0.1) is 16.0 Å². The molecule has 0 saturated carbocycles. The van der Waals surface area contributed by atoms with E-state index in [0.29, 0.717) is 69.0 Å². The van der Waals surface area contributed by atoms with E-state index in [1.54, 1.807) is 24.3 Å². The number of sulfonamides is 1. The van der Waals surface area contributed by atoms with Crippen LogP contribution in [0.3, 0.4) is 0 Å². The first-order valence-corrected chi connectivity index (χ1v) is 22.8. The number of hydrogen-bond acceptors (Lipinski definition) is 12. The van der Waals surface area contributed by atoms with Gasteiger partial charge in [-0.1, -0.05) is 54.1 Å². The summed E-state index contributed by atoms with van der Waals surface area (Å²) in [4.78, 5) is 29.6. The van der Waals surface area contributed by atoms with E-state index >= 15 is 0 Å². The number of piperazine rings is 1. The summed E-state index contributed by atoms with van der Waals surface area (Å²) in [5, 5.41) is 25.2. The SMILES string of the molecule is O=C(NS(=O)(=O)c1ccc(NCC2CCOCC2)c([N+](=O)[O-])c1)c1ccc(N2CCN(Cc3cc(OCCO)ccc3-c3ccc(Cl)cc3)CC2)cc1Oc1cccc2c1C=CC2. The zero-order chi connectivity index (χ0) is 43.9. The first-order valence-electron chi connectivity index (χ1n) is 20.9. The highest BCUT2D eigenvalue weighted by Gasteiger charge is 2.28. The molecule has 14 nitrogen and oxygen atoms in total. The summed E-state index contributed by atoms with van der Waals surface area (Å²) < 4.78 is 47.2. The van der Waals surface area contributed by atoms with Crippen LogP contribution in [0.1, 0.15) is 39.9 Å². The third-order valence-corrected chi connectivity index (χ3v) is 13.1. The molecule has 0 radical (unpaired) electrons. The van der Waals surface area contributed by atoms with Crippen LogP contribution < -0.4 is 24.4 Å². The number of amides is 1. The average molecular weight is 894 g/mol. The van der Waals surface area contributed by atoms with Gasteiger partial charge in [0.25, 0.3) is 21.6 Å². The number of benzene rings is 5. The number of hydrogen-bond donors (Lipinski definition) is 3. The van der Waals surface area contributed by atoms with Crippen LogP contribution >= 0.6 is 11.6 Å². The highest BCUT2D eigenvalue weighted by molar-refractivity contribution is 7.90. The van der Waals surface area contributed by atoms with Gasteiger partial charge >= 0.3 is 0 Å². The van der Waals surface area contributed by atoms with Gasteiger partial charge in [0.15, 0.2) is 0 Å². The van der Waals surface area contributed by atoms with E-state index in [4.69, 9.17) is 25.8 Å². The zero-order valence-corrected chi connectivity index (χ0v) is 36.1. The molecule has 1 aliphatic carbocycles. The average Bonchev–Trinajstić information content (AvgIpc) is 3.79. The van der Waals surface area contributed by atoms with Crippen molar-refractivity contribution in [2.24, 2.45) is 5.92 Å². The number of nitrogens with zero attached hydrogens (tertiary/aromatic N) is 3. The van der Waals surface area contributed by atoms with Crippen LogP contribution in [0.15, 0.2) is 108 Å². The molecule has 0 spiro atoms. The third-order valence-electron chi connectivity index (χ3n) is 11.6. The van der Waals surface area contributed by atoms with Crippen LogP contribution in [0.5, 0.6) is 17.2 Å². The molecule has 0 aromatic heterocycles. The van der Waals surface area contributed by atoms with Crippen molar-refractivity contribution in [3.05, 3.63) is 141 Å². The lowest BCUT2D eigenvalue weighted by Crippen LogP contribution is -2.46. The zero-order valence-electron chi connectivity index (χ0n) is 34.5. The quantitative estimate of drug-likeness (QED) is 0.0646. The molecule has 0 atom stereocenters. The molecule has 5 aromatic rings. The van der Waals surface area contributed by atoms with Crippen molar-refractivity contribution in [3.8, 4) is 28.4 Å². The molecule has 0 bridgehead atoms. The van der Waals surface area contributed by atoms with Crippen LogP contribution in [0.25, 0.3) is 17.2 Å². The lowest BCUT2D eigenvalue weighted by atomic mass is 9.98. The van der Waals surface area contributed by atoms with E-state index in [9.17, 15) is 28.4 Å². The Morgan fingerprint density at radius 2 is 1.73 bits per heavy atom. The third kappa shape index (κ3) is 10.5. The summed E-state index contributed by atoms with van der Waals surface area (Å²) in [5.74, 6) is 0.663. The van der Waals surface area contributed by atoms with Crippen molar-refractivity contribution in [2.75, 3.05) is 69.4 Å². The van der Waals surface area contributed by atoms with E-state index in [-0.39, 0.29) is 36.1 Å². The smallest absolute Gasteiger partial charge is 0.293 e. The lowest BCUT2D eigenvalue weighted by Gasteiger charge is -2.36. The molecule has 3 aliphatic rings. The Bertz CT molecular complexity index is 2610. The van der Waals surface area contributed by atoms with Gasteiger partial charge in [0, 0.05) is 80.9 Å². The Morgan fingerprint density at radius 1 is 0.937 bits per heavy atom. The fourth-order valence-corrected chi connectivity index (χ4v) is 9.25. The Labute approximate surface area is 371 Å². The predicted molar refractivity (Wildman–Crippen MR) is 242 cm³/mol. The predicted octanol–water partition coefficient (Wildman–Crippen LogP) is 7.93. The summed E-state index contributed by atoms with van der Waals surface area (Å²) in [7, 11) is -4.56. The lowest BCUT2D eigenvalue weighted by molar-refractivity contribution is -0.384. The molecule has 63 heavy (non-hydrogen) atoms. The fourth-order valence-electron chi connectivity index (χ4n) is 8.14. The molecule has 328 valence electrons. The topological polar surface area (TPSA) is 173 Å². The normalized spacial score (nSPS) is 15.5. The monoisotopic (exact) mass is 893 g/mol. The number of nitrogens with one attached hydrogen (secondary N) is 2. The number of halogens is 1. The number of carbonyl (C=O) groups is 1. The second-order valence-corrected chi connectivity index (χ2v) is 17.8. The van der Waals surface area contributed by atoms with Crippen LogP contribution in [-0.2, 0) is 27.7 Å². The van der Waals surface area contributed by atoms with E-state index in [1.807, 2.05) is 66.7 Å². The van der Waals surface area contributed by atoms with E-state index in [2.05, 4.69) is 19.8 Å². The second kappa shape index (κ2) is 19.6. The molecular formula is C47H48ClN5O9S. The highest BCUT2D eigenvalue weighted by atomic mass is 35.5. The molecule has 3 N–H and O–H groups in total. The number of allylic oxidation sites excluding steroid dienone is 1. The molecule has 0 unspecified atom stereocenters. The van der Waals surface area contributed by atoms with Crippen molar-refractivity contribution in [1.29, 1.82) is 0 Å². The fraction of sp³-hybridized carbons (Fsp3) is 0.298. The van der Waals surface area contributed by atoms with E-state index < -0.39 is 31.4 Å². The maximum Gasteiger partial charge on any atom is 0.293 e. The largest absolute Gasteiger partial charge is 0.491 e. The summed E-state index contributed by atoms with van der Waals surface area (Å²) in [6.07, 6.45) is 6.35. The summed E-state index contributed by atoms with van der Waals surface area (Å²) in [5.41, 5.74) is 5.61. The van der Waals surface area contributed by atoms with E-state index in [0.717, 1.165) is 58.8 Å². The highest BCUT2D eigenvalue weighted by Crippen LogP contribution is 2.37. The second-order valence-electron chi connectivity index (χ2n) is 15.7. The van der Waals surface area contributed by atoms with Gasteiger partial charge in [-0.05, 0) is 102 Å². The molecule has 8 rings (SSSR count). The molecule has 2 aliphatic heterocycles. The maximum atomic E-state index is 14.0. The van der Waals surface area contributed by atoms with Gasteiger partial charge < -0.3 is 29.5 Å². The van der Waals surface area contributed by atoms with Crippen molar-refractivity contribution >= 4 is 50.7 Å². The Kier molecular flexibility index (Phi) is 13.6. The van der Waals surface area contributed by atoms with Crippen molar-refractivity contribution in [1.82, 2.24) is 9.62 Å². The minimum absolute atomic E-state index is 0.0252. The molecule has 2 heterocycles. The van der Waals surface area contributed by atoms with Gasteiger partial charge in [0.2, 0.25) is 0 Å². The summed E-state index contributed by atoms with van der Waals surface area (Å²) in [6.45, 7) is 5.20. The first kappa shape index (κ1) is 43.7. The molecular weight excluding hydrogens is 846 g/mol. The number of nitro benzene ring substituents is 1. The van der Waals surface area contributed by atoms with Crippen LogP contribution in [0.2, 0.25) is 5.02 Å². The molecule has 2 saturated heterocycles. The number of aliphatic hydroxyl groups excluding tert-OH is 1. The molecule has 5 aromatic carbocycles. The minimum Gasteiger partial charge on any atom is -0.491 e. The van der Waals surface area contributed by atoms with Gasteiger partial charge in [0.05, 0.1) is 22.0 Å². The van der Waals surface area contributed by atoms with E-state index in [1.165, 1.54) is 12.1 Å². The number of rotatable bonds is 16. The van der Waals surface area contributed by atoms with Gasteiger partial charge in [0.1, 0.15) is 29.5 Å². The number of fused-ring (bicyclic) bond motifs is 1. The molecule has 1 amide bonds. The Morgan fingerprint density at radius 3 is 2.49 bits per heavy atom. The minimum atomic E-state index is -4.56. The molecule has 16 heteroatoms. The number of carbonyl (C=O) groups excluding carboxylic acids is 1. The van der Waals surface area contributed by atoms with Gasteiger partial charge in [-0.25, -0.2) is 13.1 Å². The number of nitro groups is 1. The van der Waals surface area contributed by atoms with Crippen molar-refractivity contribution < 1.29 is 37.5 Å². The van der Waals surface area contributed by atoms with Gasteiger partial charge in [-0.3, -0.25) is 19.8 Å². The van der Waals surface area contributed by atoms with Crippen LogP contribution in [-0.4, -0.2) is 88.4 Å². The Hall–Kier alpha value is -5.97. The van der Waals surface area contributed by atoms with Crippen molar-refractivity contribution in [3.63, 3.8) is 0 Å². The van der Waals surface area contributed by atoms with Crippen LogP contribution in [0.4, 0.5) is 17.1 Å². The summed E-state index contributed by atoms with van der Waals surface area (Å²) >= 11 is 6.20. The molecule has 2 fully saturated rings. The number of ether oxygens (including phenoxy) is 3. The first-order chi connectivity index (χ1) is 30.5. The Balaban J connectivity index is 1.01. The number of anilines is 2. The van der Waals surface area contributed by atoms with Crippen molar-refractivity contribution in [2.45, 2.75) is 30.7 Å².